The molecule has 1 spiro atoms. The number of likely N-dealkylation sites (tertiary alicyclic amines) is 1. The molecule has 0 amide bonds. The smallest absolute Gasteiger partial charge is 0.194 e. The van der Waals surface area contributed by atoms with E-state index in [0.29, 0.717) is 5.41 Å². The third kappa shape index (κ3) is 3.39. The second-order valence-electron chi connectivity index (χ2n) is 6.52. The third-order valence-electron chi connectivity index (χ3n) is 4.93. The SMILES string of the molecule is CN=C(NCc1nc(C)cs1)N1CCC2(CCCCC2)C1. The van der Waals surface area contributed by atoms with Crippen LogP contribution in [0.15, 0.2) is 10.4 Å². The predicted octanol–water partition coefficient (Wildman–Crippen LogP) is 3.18. The van der Waals surface area contributed by atoms with Crippen molar-refractivity contribution in [3.8, 4) is 0 Å². The fourth-order valence-corrected chi connectivity index (χ4v) is 4.51. The lowest BCUT2D eigenvalue weighted by atomic mass is 9.73. The first-order valence-corrected chi connectivity index (χ1v) is 8.95. The molecule has 21 heavy (non-hydrogen) atoms. The molecule has 1 aromatic rings. The van der Waals surface area contributed by atoms with Crippen LogP contribution in [-0.2, 0) is 6.54 Å². The maximum atomic E-state index is 4.51. The number of hydrogen-bond acceptors (Lipinski definition) is 3. The maximum absolute atomic E-state index is 4.51. The first-order valence-electron chi connectivity index (χ1n) is 8.07. The van der Waals surface area contributed by atoms with E-state index in [2.05, 4.69) is 25.6 Å². The van der Waals surface area contributed by atoms with E-state index in [1.165, 1.54) is 45.1 Å². The Morgan fingerprint density at radius 2 is 2.19 bits per heavy atom. The molecule has 1 saturated carbocycles. The van der Waals surface area contributed by atoms with E-state index in [1.54, 1.807) is 11.3 Å². The summed E-state index contributed by atoms with van der Waals surface area (Å²) in [6.45, 7) is 5.16. The van der Waals surface area contributed by atoms with Crippen molar-refractivity contribution >= 4 is 17.3 Å². The Balaban J connectivity index is 1.57. The van der Waals surface area contributed by atoms with Crippen molar-refractivity contribution in [3.63, 3.8) is 0 Å². The molecule has 5 heteroatoms. The Morgan fingerprint density at radius 3 is 2.86 bits per heavy atom. The summed E-state index contributed by atoms with van der Waals surface area (Å²) < 4.78 is 0. The number of hydrogen-bond donors (Lipinski definition) is 1. The molecule has 0 atom stereocenters. The fraction of sp³-hybridized carbons (Fsp3) is 0.750. The van der Waals surface area contributed by atoms with Crippen molar-refractivity contribution in [3.05, 3.63) is 16.1 Å². The summed E-state index contributed by atoms with van der Waals surface area (Å²) in [5.41, 5.74) is 1.68. The van der Waals surface area contributed by atoms with Gasteiger partial charge in [0.05, 0.1) is 6.54 Å². The minimum Gasteiger partial charge on any atom is -0.350 e. The Labute approximate surface area is 131 Å². The number of aliphatic imine (C=N–C) groups is 1. The molecule has 1 aliphatic carbocycles. The van der Waals surface area contributed by atoms with Gasteiger partial charge in [-0.3, -0.25) is 4.99 Å². The van der Waals surface area contributed by atoms with Gasteiger partial charge in [0.2, 0.25) is 0 Å². The lowest BCUT2D eigenvalue weighted by Crippen LogP contribution is -2.41. The minimum absolute atomic E-state index is 0.577. The zero-order chi connectivity index (χ0) is 14.7. The van der Waals surface area contributed by atoms with Crippen molar-refractivity contribution in [2.75, 3.05) is 20.1 Å². The summed E-state index contributed by atoms with van der Waals surface area (Å²) in [5, 5.41) is 6.73. The summed E-state index contributed by atoms with van der Waals surface area (Å²) in [6, 6.07) is 0. The molecule has 2 aliphatic rings. The van der Waals surface area contributed by atoms with Gasteiger partial charge in [0.1, 0.15) is 5.01 Å². The zero-order valence-electron chi connectivity index (χ0n) is 13.2. The largest absolute Gasteiger partial charge is 0.350 e. The number of nitrogens with zero attached hydrogens (tertiary/aromatic N) is 3. The summed E-state index contributed by atoms with van der Waals surface area (Å²) in [4.78, 5) is 11.4. The van der Waals surface area contributed by atoms with E-state index >= 15 is 0 Å². The van der Waals surface area contributed by atoms with E-state index in [9.17, 15) is 0 Å². The lowest BCUT2D eigenvalue weighted by molar-refractivity contribution is 0.203. The molecular weight excluding hydrogens is 280 g/mol. The Morgan fingerprint density at radius 1 is 1.38 bits per heavy atom. The van der Waals surface area contributed by atoms with Crippen molar-refractivity contribution in [2.24, 2.45) is 10.4 Å². The topological polar surface area (TPSA) is 40.5 Å². The first-order chi connectivity index (χ1) is 10.2. The van der Waals surface area contributed by atoms with Gasteiger partial charge >= 0.3 is 0 Å². The van der Waals surface area contributed by atoms with Crippen LogP contribution >= 0.6 is 11.3 Å². The number of rotatable bonds is 2. The molecule has 2 fully saturated rings. The van der Waals surface area contributed by atoms with Crippen LogP contribution in [0.4, 0.5) is 0 Å². The van der Waals surface area contributed by atoms with Crippen molar-refractivity contribution in [2.45, 2.75) is 52.0 Å². The highest BCUT2D eigenvalue weighted by Gasteiger charge is 2.39. The quantitative estimate of drug-likeness (QED) is 0.674. The molecule has 0 aromatic carbocycles. The molecule has 0 bridgehead atoms. The summed E-state index contributed by atoms with van der Waals surface area (Å²) in [7, 11) is 1.89. The number of nitrogens with one attached hydrogen (secondary N) is 1. The molecule has 1 N–H and O–H groups in total. The van der Waals surface area contributed by atoms with E-state index in [1.807, 2.05) is 14.0 Å². The van der Waals surface area contributed by atoms with Gasteiger partial charge in [-0.25, -0.2) is 4.98 Å². The normalized spacial score (nSPS) is 22.0. The Bertz CT molecular complexity index is 502. The molecular formula is C16H26N4S. The van der Waals surface area contributed by atoms with Gasteiger partial charge in [-0.2, -0.15) is 0 Å². The molecule has 0 radical (unpaired) electrons. The lowest BCUT2D eigenvalue weighted by Gasteiger charge is -2.33. The molecule has 4 nitrogen and oxygen atoms in total. The molecule has 3 rings (SSSR count). The number of aromatic nitrogens is 1. The van der Waals surface area contributed by atoms with Gasteiger partial charge in [0, 0.05) is 31.2 Å². The molecule has 1 aromatic heterocycles. The van der Waals surface area contributed by atoms with Crippen LogP contribution < -0.4 is 5.32 Å². The van der Waals surface area contributed by atoms with E-state index in [4.69, 9.17) is 0 Å². The molecule has 116 valence electrons. The van der Waals surface area contributed by atoms with Gasteiger partial charge in [-0.05, 0) is 31.6 Å². The second-order valence-corrected chi connectivity index (χ2v) is 7.46. The van der Waals surface area contributed by atoms with E-state index in [-0.39, 0.29) is 0 Å². The average molecular weight is 306 g/mol. The van der Waals surface area contributed by atoms with Crippen LogP contribution in [0.5, 0.6) is 0 Å². The van der Waals surface area contributed by atoms with Crippen LogP contribution in [-0.4, -0.2) is 36.0 Å². The van der Waals surface area contributed by atoms with Crippen LogP contribution in [0.3, 0.4) is 0 Å². The van der Waals surface area contributed by atoms with E-state index < -0.39 is 0 Å². The van der Waals surface area contributed by atoms with Gasteiger partial charge in [-0.15, -0.1) is 11.3 Å². The van der Waals surface area contributed by atoms with E-state index in [0.717, 1.165) is 29.8 Å². The first kappa shape index (κ1) is 14.8. The van der Waals surface area contributed by atoms with Gasteiger partial charge in [0.25, 0.3) is 0 Å². The van der Waals surface area contributed by atoms with Crippen LogP contribution in [0, 0.1) is 12.3 Å². The number of guanidine groups is 1. The molecule has 1 aliphatic heterocycles. The highest BCUT2D eigenvalue weighted by molar-refractivity contribution is 7.09. The summed E-state index contributed by atoms with van der Waals surface area (Å²) in [6.07, 6.45) is 8.41. The third-order valence-corrected chi connectivity index (χ3v) is 5.89. The average Bonchev–Trinajstić information content (AvgIpc) is 3.08. The number of thiazole rings is 1. The molecule has 2 heterocycles. The van der Waals surface area contributed by atoms with Crippen LogP contribution in [0.1, 0.15) is 49.2 Å². The van der Waals surface area contributed by atoms with Crippen LogP contribution in [0.25, 0.3) is 0 Å². The maximum Gasteiger partial charge on any atom is 0.194 e. The zero-order valence-corrected chi connectivity index (χ0v) is 14.0. The number of aryl methyl sites for hydroxylation is 1. The predicted molar refractivity (Wildman–Crippen MR) is 88.8 cm³/mol. The Kier molecular flexibility index (Phi) is 4.48. The standard InChI is InChI=1S/C16H26N4S/c1-13-11-21-14(19-13)10-18-15(17-2)20-9-8-16(12-20)6-4-3-5-7-16/h11H,3-10,12H2,1-2H3,(H,17,18). The second kappa shape index (κ2) is 6.34. The van der Waals surface area contributed by atoms with Gasteiger partial charge in [0.15, 0.2) is 5.96 Å². The minimum atomic E-state index is 0.577. The Hall–Kier alpha value is -1.10. The van der Waals surface area contributed by atoms with Gasteiger partial charge < -0.3 is 10.2 Å². The highest BCUT2D eigenvalue weighted by atomic mass is 32.1. The highest BCUT2D eigenvalue weighted by Crippen LogP contribution is 2.43. The summed E-state index contributed by atoms with van der Waals surface area (Å²) >= 11 is 1.72. The van der Waals surface area contributed by atoms with Crippen molar-refractivity contribution in [1.29, 1.82) is 0 Å². The van der Waals surface area contributed by atoms with Crippen molar-refractivity contribution in [1.82, 2.24) is 15.2 Å². The fourth-order valence-electron chi connectivity index (χ4n) is 3.80. The molecule has 0 unspecified atom stereocenters. The molecule has 1 saturated heterocycles. The van der Waals surface area contributed by atoms with Crippen LogP contribution in [0.2, 0.25) is 0 Å². The van der Waals surface area contributed by atoms with Gasteiger partial charge in [-0.1, -0.05) is 19.3 Å². The summed E-state index contributed by atoms with van der Waals surface area (Å²) in [5.74, 6) is 1.05. The van der Waals surface area contributed by atoms with Crippen molar-refractivity contribution < 1.29 is 0 Å². The monoisotopic (exact) mass is 306 g/mol.